The number of piperidine rings is 1. The maximum Gasteiger partial charge on any atom is 0.328 e. The third-order valence-corrected chi connectivity index (χ3v) is 7.98. The van der Waals surface area contributed by atoms with Gasteiger partial charge in [-0.15, -0.1) is 0 Å². The highest BCUT2D eigenvalue weighted by Crippen LogP contribution is 2.29. The van der Waals surface area contributed by atoms with Crippen LogP contribution in [0.25, 0.3) is 0 Å². The Balaban J connectivity index is 1.28. The molecule has 7 heteroatoms. The monoisotopic (exact) mass is 517 g/mol. The van der Waals surface area contributed by atoms with Crippen LogP contribution in [0.5, 0.6) is 5.75 Å². The molecule has 2 aliphatic rings. The van der Waals surface area contributed by atoms with Crippen molar-refractivity contribution in [1.82, 2.24) is 14.5 Å². The van der Waals surface area contributed by atoms with Gasteiger partial charge >= 0.3 is 5.69 Å². The molecule has 1 saturated carbocycles. The molecule has 0 amide bonds. The zero-order valence-electron chi connectivity index (χ0n) is 19.7. The molecular weight excluding hydrogens is 482 g/mol. The number of ether oxygens (including phenoxy) is 1. The van der Waals surface area contributed by atoms with Gasteiger partial charge < -0.3 is 14.6 Å². The van der Waals surface area contributed by atoms with Crippen molar-refractivity contribution in [3.63, 3.8) is 0 Å². The summed E-state index contributed by atoms with van der Waals surface area (Å²) in [5.74, 6) is 1.60. The van der Waals surface area contributed by atoms with Crippen molar-refractivity contribution < 1.29 is 4.74 Å². The Morgan fingerprint density at radius 2 is 1.82 bits per heavy atom. The highest BCUT2D eigenvalue weighted by Gasteiger charge is 2.22. The number of likely N-dealkylation sites (tertiary alicyclic amines) is 1. The summed E-state index contributed by atoms with van der Waals surface area (Å²) in [6.45, 7) is 5.67. The SMILES string of the molecule is CCOc1ccc(Br)c(CC2CCN(CCc3cc(=O)n(C4CCCCC4)c(=O)[nH]3)CC2)c1. The molecule has 0 radical (unpaired) electrons. The normalized spacial score (nSPS) is 18.5. The summed E-state index contributed by atoms with van der Waals surface area (Å²) >= 11 is 3.69. The summed E-state index contributed by atoms with van der Waals surface area (Å²) in [7, 11) is 0. The predicted molar refractivity (Wildman–Crippen MR) is 135 cm³/mol. The van der Waals surface area contributed by atoms with Crippen LogP contribution in [0.1, 0.15) is 69.2 Å². The summed E-state index contributed by atoms with van der Waals surface area (Å²) < 4.78 is 8.27. The largest absolute Gasteiger partial charge is 0.494 e. The Morgan fingerprint density at radius 3 is 2.52 bits per heavy atom. The first-order valence-corrected chi connectivity index (χ1v) is 13.3. The molecule has 0 unspecified atom stereocenters. The van der Waals surface area contributed by atoms with Gasteiger partial charge in [-0.05, 0) is 81.8 Å². The van der Waals surface area contributed by atoms with Gasteiger partial charge in [0.05, 0.1) is 6.61 Å². The smallest absolute Gasteiger partial charge is 0.328 e. The molecule has 33 heavy (non-hydrogen) atoms. The molecule has 2 heterocycles. The summed E-state index contributed by atoms with van der Waals surface area (Å²) in [5, 5.41) is 0. The van der Waals surface area contributed by atoms with Crippen LogP contribution in [-0.2, 0) is 12.8 Å². The van der Waals surface area contributed by atoms with Gasteiger partial charge in [0.2, 0.25) is 0 Å². The van der Waals surface area contributed by atoms with E-state index in [-0.39, 0.29) is 17.3 Å². The van der Waals surface area contributed by atoms with E-state index in [1.165, 1.54) is 16.6 Å². The number of benzene rings is 1. The maximum atomic E-state index is 12.6. The highest BCUT2D eigenvalue weighted by molar-refractivity contribution is 9.10. The van der Waals surface area contributed by atoms with Gasteiger partial charge in [0.1, 0.15) is 5.75 Å². The molecule has 1 saturated heterocycles. The molecule has 180 valence electrons. The average Bonchev–Trinajstić information content (AvgIpc) is 2.81. The van der Waals surface area contributed by atoms with Crippen molar-refractivity contribution in [3.8, 4) is 5.75 Å². The number of rotatable bonds is 8. The molecule has 2 fully saturated rings. The lowest BCUT2D eigenvalue weighted by atomic mass is 9.90. The first-order chi connectivity index (χ1) is 16.0. The molecule has 1 N–H and O–H groups in total. The highest BCUT2D eigenvalue weighted by atomic mass is 79.9. The van der Waals surface area contributed by atoms with Crippen LogP contribution in [-0.4, -0.2) is 40.7 Å². The minimum Gasteiger partial charge on any atom is -0.494 e. The minimum atomic E-state index is -0.233. The van der Waals surface area contributed by atoms with Gasteiger partial charge in [-0.2, -0.15) is 0 Å². The van der Waals surface area contributed by atoms with Crippen LogP contribution in [0.4, 0.5) is 0 Å². The second kappa shape index (κ2) is 11.5. The Hall–Kier alpha value is -1.86. The Bertz CT molecular complexity index is 1000. The van der Waals surface area contributed by atoms with Gasteiger partial charge in [-0.3, -0.25) is 9.36 Å². The zero-order chi connectivity index (χ0) is 23.2. The fourth-order valence-corrected chi connectivity index (χ4v) is 5.75. The van der Waals surface area contributed by atoms with Crippen LogP contribution in [0.15, 0.2) is 38.3 Å². The molecule has 1 aromatic carbocycles. The third-order valence-electron chi connectivity index (χ3n) is 7.20. The van der Waals surface area contributed by atoms with Gasteiger partial charge in [0.15, 0.2) is 0 Å². The molecule has 1 aliphatic carbocycles. The minimum absolute atomic E-state index is 0.0670. The van der Waals surface area contributed by atoms with E-state index in [2.05, 4.69) is 37.9 Å². The van der Waals surface area contributed by atoms with E-state index in [9.17, 15) is 9.59 Å². The Morgan fingerprint density at radius 1 is 1.06 bits per heavy atom. The molecule has 1 aliphatic heterocycles. The number of aromatic nitrogens is 2. The molecule has 1 aromatic heterocycles. The van der Waals surface area contributed by atoms with E-state index in [4.69, 9.17) is 4.74 Å². The van der Waals surface area contributed by atoms with Crippen molar-refractivity contribution in [1.29, 1.82) is 0 Å². The quantitative estimate of drug-likeness (QED) is 0.550. The summed E-state index contributed by atoms with van der Waals surface area (Å²) in [6.07, 6.45) is 9.36. The first-order valence-electron chi connectivity index (χ1n) is 12.5. The van der Waals surface area contributed by atoms with E-state index < -0.39 is 0 Å². The van der Waals surface area contributed by atoms with Gasteiger partial charge in [0.25, 0.3) is 5.56 Å². The standard InChI is InChI=1S/C26H36BrN3O3/c1-2-33-23-8-9-24(27)20(17-23)16-19-10-13-29(14-11-19)15-12-21-18-25(31)30(26(32)28-21)22-6-4-3-5-7-22/h8-9,17-19,22H,2-7,10-16H2,1H3,(H,28,32). The van der Waals surface area contributed by atoms with Crippen molar-refractivity contribution in [2.75, 3.05) is 26.2 Å². The Kier molecular flexibility index (Phi) is 8.47. The maximum absolute atomic E-state index is 12.6. The molecule has 0 bridgehead atoms. The number of H-pyrrole nitrogens is 1. The van der Waals surface area contributed by atoms with Crippen LogP contribution in [0, 0.1) is 5.92 Å². The third kappa shape index (κ3) is 6.38. The lowest BCUT2D eigenvalue weighted by Gasteiger charge is -2.32. The average molecular weight is 518 g/mol. The topological polar surface area (TPSA) is 67.3 Å². The number of halogens is 1. The van der Waals surface area contributed by atoms with E-state index in [0.29, 0.717) is 18.9 Å². The fourth-order valence-electron chi connectivity index (χ4n) is 5.34. The van der Waals surface area contributed by atoms with E-state index in [0.717, 1.165) is 80.5 Å². The first kappa shape index (κ1) is 24.3. The Labute approximate surface area is 204 Å². The molecule has 2 aromatic rings. The molecule has 0 spiro atoms. The summed E-state index contributed by atoms with van der Waals surface area (Å²) in [5.41, 5.74) is 1.70. The summed E-state index contributed by atoms with van der Waals surface area (Å²) in [4.78, 5) is 30.7. The van der Waals surface area contributed by atoms with Crippen LogP contribution in [0.3, 0.4) is 0 Å². The van der Waals surface area contributed by atoms with Crippen molar-refractivity contribution >= 4 is 15.9 Å². The number of nitrogens with zero attached hydrogens (tertiary/aromatic N) is 2. The fraction of sp³-hybridized carbons (Fsp3) is 0.615. The molecule has 6 nitrogen and oxygen atoms in total. The number of nitrogens with one attached hydrogen (secondary N) is 1. The zero-order valence-corrected chi connectivity index (χ0v) is 21.2. The van der Waals surface area contributed by atoms with Gasteiger partial charge in [0, 0.05) is 35.2 Å². The number of hydrogen-bond donors (Lipinski definition) is 1. The van der Waals surface area contributed by atoms with Crippen molar-refractivity contribution in [2.45, 2.75) is 70.8 Å². The lowest BCUT2D eigenvalue weighted by molar-refractivity contribution is 0.185. The van der Waals surface area contributed by atoms with Crippen LogP contribution in [0.2, 0.25) is 0 Å². The second-order valence-corrected chi connectivity index (χ2v) is 10.4. The van der Waals surface area contributed by atoms with Crippen LogP contribution < -0.4 is 16.0 Å². The molecule has 4 rings (SSSR count). The van der Waals surface area contributed by atoms with Crippen molar-refractivity contribution in [3.05, 3.63) is 60.8 Å². The molecular formula is C26H36BrN3O3. The van der Waals surface area contributed by atoms with Gasteiger partial charge in [-0.25, -0.2) is 4.79 Å². The lowest BCUT2D eigenvalue weighted by Crippen LogP contribution is -2.40. The predicted octanol–water partition coefficient (Wildman–Crippen LogP) is 4.70. The van der Waals surface area contributed by atoms with Crippen molar-refractivity contribution in [2.24, 2.45) is 5.92 Å². The second-order valence-electron chi connectivity index (χ2n) is 9.53. The van der Waals surface area contributed by atoms with E-state index in [1.54, 1.807) is 6.07 Å². The summed E-state index contributed by atoms with van der Waals surface area (Å²) in [6, 6.07) is 7.96. The van der Waals surface area contributed by atoms with Gasteiger partial charge in [-0.1, -0.05) is 35.2 Å². The number of hydrogen-bond acceptors (Lipinski definition) is 4. The number of aromatic amines is 1. The van der Waals surface area contributed by atoms with Crippen LogP contribution >= 0.6 is 15.9 Å². The van der Waals surface area contributed by atoms with E-state index >= 15 is 0 Å². The molecule has 0 atom stereocenters. The van der Waals surface area contributed by atoms with E-state index in [1.807, 2.05) is 13.0 Å².